The van der Waals surface area contributed by atoms with Crippen molar-refractivity contribution in [3.63, 3.8) is 0 Å². The van der Waals surface area contributed by atoms with Crippen molar-refractivity contribution in [3.05, 3.63) is 59.7 Å². The zero-order valence-corrected chi connectivity index (χ0v) is 25.7. The van der Waals surface area contributed by atoms with Gasteiger partial charge in [-0.25, -0.2) is 4.79 Å². The highest BCUT2D eigenvalue weighted by atomic mass is 16.6. The molecule has 0 aliphatic carbocycles. The number of hydrogen-bond donors (Lipinski definition) is 3. The fraction of sp³-hybridized carbons (Fsp3) is 0.500. The summed E-state index contributed by atoms with van der Waals surface area (Å²) in [4.78, 5) is 54.4. The Morgan fingerprint density at radius 2 is 1.60 bits per heavy atom. The average molecular weight is 583 g/mol. The van der Waals surface area contributed by atoms with Crippen LogP contribution in [-0.2, 0) is 19.1 Å². The maximum atomic E-state index is 14.2. The quantitative estimate of drug-likeness (QED) is 0.245. The fourth-order valence-electron chi connectivity index (χ4n) is 4.53. The second-order valence-corrected chi connectivity index (χ2v) is 11.3. The van der Waals surface area contributed by atoms with Crippen LogP contribution in [0.25, 0.3) is 0 Å². The van der Waals surface area contributed by atoms with E-state index in [-0.39, 0.29) is 6.54 Å². The fourth-order valence-corrected chi connectivity index (χ4v) is 4.53. The van der Waals surface area contributed by atoms with E-state index in [9.17, 15) is 19.2 Å². The van der Waals surface area contributed by atoms with Crippen LogP contribution in [0, 0.1) is 6.92 Å². The van der Waals surface area contributed by atoms with Crippen molar-refractivity contribution in [1.82, 2.24) is 10.2 Å². The number of anilines is 1. The monoisotopic (exact) mass is 582 g/mol. The second-order valence-electron chi connectivity index (χ2n) is 11.3. The minimum Gasteiger partial charge on any atom is -0.497 e. The number of nitrogens with one attached hydrogen (secondary N) is 2. The third-order valence-corrected chi connectivity index (χ3v) is 6.58. The van der Waals surface area contributed by atoms with Crippen molar-refractivity contribution in [2.75, 3.05) is 19.0 Å². The lowest BCUT2D eigenvalue weighted by atomic mass is 9.97. The molecule has 42 heavy (non-hydrogen) atoms. The van der Waals surface area contributed by atoms with Crippen LogP contribution in [0.4, 0.5) is 10.5 Å². The normalized spacial score (nSPS) is 12.5. The summed E-state index contributed by atoms with van der Waals surface area (Å²) in [6, 6.07) is 11.8. The Labute approximate surface area is 249 Å². The van der Waals surface area contributed by atoms with Gasteiger partial charge in [-0.1, -0.05) is 56.9 Å². The summed E-state index contributed by atoms with van der Waals surface area (Å²) in [5.74, 6) is -1.18. The maximum Gasteiger partial charge on any atom is 0.408 e. The third-order valence-electron chi connectivity index (χ3n) is 6.58. The molecule has 0 saturated carbocycles. The number of carbonyl (C=O) groups excluding carboxylic acids is 4. The second kappa shape index (κ2) is 16.4. The molecule has 0 fully saturated rings. The molecule has 0 radical (unpaired) electrons. The lowest BCUT2D eigenvalue weighted by Crippen LogP contribution is -2.53. The predicted octanol–water partition coefficient (Wildman–Crippen LogP) is 5.25. The predicted molar refractivity (Wildman–Crippen MR) is 163 cm³/mol. The first-order valence-corrected chi connectivity index (χ1v) is 14.4. The molecule has 2 rings (SSSR count). The lowest BCUT2D eigenvalue weighted by molar-refractivity contribution is -0.142. The molecule has 0 aromatic heterocycles. The average Bonchev–Trinajstić information content (AvgIpc) is 2.91. The van der Waals surface area contributed by atoms with Crippen LogP contribution in [0.2, 0.25) is 0 Å². The molecule has 2 aromatic rings. The Bertz CT molecular complexity index is 1190. The van der Waals surface area contributed by atoms with Crippen LogP contribution in [0.5, 0.6) is 5.75 Å². The molecule has 4 N–H and O–H groups in total. The van der Waals surface area contributed by atoms with Crippen molar-refractivity contribution in [2.45, 2.75) is 90.8 Å². The summed E-state index contributed by atoms with van der Waals surface area (Å²) in [5.41, 5.74) is 6.62. The summed E-state index contributed by atoms with van der Waals surface area (Å²) in [5, 5.41) is 5.44. The van der Waals surface area contributed by atoms with E-state index in [4.69, 9.17) is 15.2 Å². The molecule has 0 saturated heterocycles. The van der Waals surface area contributed by atoms with Gasteiger partial charge < -0.3 is 30.7 Å². The van der Waals surface area contributed by atoms with Crippen LogP contribution in [-0.4, -0.2) is 54.0 Å². The zero-order chi connectivity index (χ0) is 31.3. The number of nitrogens with two attached hydrogens (primary N) is 1. The van der Waals surface area contributed by atoms with E-state index < -0.39 is 47.9 Å². The molecule has 4 amide bonds. The van der Waals surface area contributed by atoms with Gasteiger partial charge in [0.1, 0.15) is 23.4 Å². The van der Waals surface area contributed by atoms with E-state index in [1.54, 1.807) is 64.3 Å². The van der Waals surface area contributed by atoms with Crippen molar-refractivity contribution in [1.29, 1.82) is 0 Å². The van der Waals surface area contributed by atoms with Crippen LogP contribution in [0.15, 0.2) is 48.5 Å². The van der Waals surface area contributed by atoms with E-state index in [1.807, 2.05) is 19.1 Å². The Morgan fingerprint density at radius 3 is 2.17 bits per heavy atom. The maximum absolute atomic E-state index is 14.2. The lowest BCUT2D eigenvalue weighted by Gasteiger charge is -2.35. The van der Waals surface area contributed by atoms with Crippen molar-refractivity contribution in [3.8, 4) is 5.75 Å². The molecule has 0 heterocycles. The summed E-state index contributed by atoms with van der Waals surface area (Å²) < 4.78 is 10.6. The Hall–Kier alpha value is -4.08. The first-order chi connectivity index (χ1) is 19.9. The van der Waals surface area contributed by atoms with E-state index in [2.05, 4.69) is 17.6 Å². The summed E-state index contributed by atoms with van der Waals surface area (Å²) >= 11 is 0. The topological polar surface area (TPSA) is 140 Å². The highest BCUT2D eigenvalue weighted by Gasteiger charge is 2.37. The summed E-state index contributed by atoms with van der Waals surface area (Å²) in [6.45, 7) is 9.29. The summed E-state index contributed by atoms with van der Waals surface area (Å²) in [6.07, 6.45) is 3.24. The number of alkyl carbamates (subject to hydrolysis) is 1. The van der Waals surface area contributed by atoms with Crippen molar-refractivity contribution < 1.29 is 28.7 Å². The molecular weight excluding hydrogens is 536 g/mol. The Balaban J connectivity index is 2.54. The van der Waals surface area contributed by atoms with Gasteiger partial charge in [-0.05, 0) is 69.5 Å². The molecule has 0 aliphatic heterocycles. The molecule has 2 atom stereocenters. The van der Waals surface area contributed by atoms with E-state index in [0.29, 0.717) is 23.4 Å². The van der Waals surface area contributed by atoms with Gasteiger partial charge in [-0.3, -0.25) is 14.4 Å². The van der Waals surface area contributed by atoms with Gasteiger partial charge in [0.2, 0.25) is 11.8 Å². The number of benzene rings is 2. The largest absolute Gasteiger partial charge is 0.497 e. The minimum absolute atomic E-state index is 0.225. The number of nitrogens with zero attached hydrogens (tertiary/aromatic N) is 1. The number of carbonyl (C=O) groups is 4. The van der Waals surface area contributed by atoms with Crippen molar-refractivity contribution >= 4 is 29.5 Å². The molecule has 10 nitrogen and oxygen atoms in total. The minimum atomic E-state index is -1.33. The smallest absolute Gasteiger partial charge is 0.408 e. The van der Waals surface area contributed by atoms with E-state index >= 15 is 0 Å². The number of methoxy groups -OCH3 is 1. The van der Waals surface area contributed by atoms with Gasteiger partial charge in [-0.2, -0.15) is 0 Å². The highest BCUT2D eigenvalue weighted by Crippen LogP contribution is 2.28. The first kappa shape index (κ1) is 34.1. The van der Waals surface area contributed by atoms with Crippen LogP contribution < -0.4 is 21.1 Å². The Morgan fingerprint density at radius 1 is 0.952 bits per heavy atom. The van der Waals surface area contributed by atoms with Crippen LogP contribution in [0.1, 0.15) is 83.4 Å². The van der Waals surface area contributed by atoms with Gasteiger partial charge in [0, 0.05) is 12.2 Å². The standard InChI is InChI=1S/C32H46N4O6/c1-7-8-9-10-13-20-36(30(39)26(21-27(33)37)35-31(40)42-32(3,4)5)28(25-15-12-11-14-22(25)2)29(38)34-23-16-18-24(41-6)19-17-23/h11-12,14-19,26,28H,7-10,13,20-21H2,1-6H3,(H2,33,37)(H,34,38)(H,35,40). The van der Waals surface area contributed by atoms with Gasteiger partial charge in [-0.15, -0.1) is 0 Å². The number of amides is 4. The number of rotatable bonds is 15. The highest BCUT2D eigenvalue weighted by molar-refractivity contribution is 6.00. The number of hydrogen-bond acceptors (Lipinski definition) is 6. The Kier molecular flexibility index (Phi) is 13.3. The van der Waals surface area contributed by atoms with Gasteiger partial charge in [0.15, 0.2) is 0 Å². The number of unbranched alkanes of at least 4 members (excludes halogenated alkanes) is 4. The number of aryl methyl sites for hydroxylation is 1. The van der Waals surface area contributed by atoms with E-state index in [1.165, 1.54) is 4.90 Å². The molecule has 2 aromatic carbocycles. The van der Waals surface area contributed by atoms with E-state index in [0.717, 1.165) is 31.2 Å². The van der Waals surface area contributed by atoms with Gasteiger partial charge >= 0.3 is 6.09 Å². The SMILES string of the molecule is CCCCCCCN(C(=O)C(CC(N)=O)NC(=O)OC(C)(C)C)C(C(=O)Nc1ccc(OC)cc1)c1ccccc1C. The molecule has 230 valence electrons. The molecule has 2 unspecified atom stereocenters. The number of primary amides is 1. The first-order valence-electron chi connectivity index (χ1n) is 14.4. The molecule has 0 aliphatic rings. The molecule has 0 bridgehead atoms. The van der Waals surface area contributed by atoms with Gasteiger partial charge in [0.05, 0.1) is 13.5 Å². The van der Waals surface area contributed by atoms with Crippen LogP contribution >= 0.6 is 0 Å². The van der Waals surface area contributed by atoms with Crippen LogP contribution in [0.3, 0.4) is 0 Å². The zero-order valence-electron chi connectivity index (χ0n) is 25.7. The molecule has 10 heteroatoms. The molecular formula is C32H46N4O6. The van der Waals surface area contributed by atoms with Gasteiger partial charge in [0.25, 0.3) is 5.91 Å². The third kappa shape index (κ3) is 11.1. The van der Waals surface area contributed by atoms with Crippen molar-refractivity contribution in [2.24, 2.45) is 5.73 Å². The summed E-state index contributed by atoms with van der Waals surface area (Å²) in [7, 11) is 1.56. The number of ether oxygens (including phenoxy) is 2. The molecule has 0 spiro atoms.